The Morgan fingerprint density at radius 3 is 2.42 bits per heavy atom. The third-order valence-corrected chi connectivity index (χ3v) is 4.21. The second kappa shape index (κ2) is 9.35. The zero-order valence-corrected chi connectivity index (χ0v) is 15.5. The number of hydrogen-bond donors (Lipinski definition) is 1. The molecular weight excluding hydrogens is 336 g/mol. The number of hydrogen-bond acceptors (Lipinski definition) is 6. The van der Waals surface area contributed by atoms with Gasteiger partial charge in [-0.25, -0.2) is 0 Å². The van der Waals surface area contributed by atoms with Crippen LogP contribution < -0.4 is 4.74 Å². The van der Waals surface area contributed by atoms with E-state index >= 15 is 0 Å². The summed E-state index contributed by atoms with van der Waals surface area (Å²) < 4.78 is 10.4. The summed E-state index contributed by atoms with van der Waals surface area (Å²) in [5.74, 6) is 0.00896. The van der Waals surface area contributed by atoms with Gasteiger partial charge >= 0.3 is 0 Å². The number of carbonyl (C=O) groups is 2. The van der Waals surface area contributed by atoms with Crippen LogP contribution in [0.15, 0.2) is 30.0 Å². The molecule has 0 aromatic heterocycles. The maximum absolute atomic E-state index is 12.9. The largest absolute Gasteiger partial charge is 0.497 e. The SMILES string of the molecule is CCOCCCN1C(=O)C(c2ccc(OC)cc2)=C(N(C)CCO)C1=O. The molecule has 0 radical (unpaired) electrons. The van der Waals surface area contributed by atoms with Gasteiger partial charge in [-0.1, -0.05) is 12.1 Å². The number of ether oxygens (including phenoxy) is 2. The fourth-order valence-electron chi connectivity index (χ4n) is 2.87. The van der Waals surface area contributed by atoms with Crippen LogP contribution in [0.3, 0.4) is 0 Å². The predicted molar refractivity (Wildman–Crippen MR) is 97.5 cm³/mol. The van der Waals surface area contributed by atoms with E-state index in [0.29, 0.717) is 48.8 Å². The Hall–Kier alpha value is -2.38. The van der Waals surface area contributed by atoms with Crippen molar-refractivity contribution < 1.29 is 24.2 Å². The molecule has 0 saturated heterocycles. The number of nitrogens with zero attached hydrogens (tertiary/aromatic N) is 2. The van der Waals surface area contributed by atoms with Gasteiger partial charge in [-0.2, -0.15) is 0 Å². The van der Waals surface area contributed by atoms with Gasteiger partial charge in [0.05, 0.1) is 19.3 Å². The molecule has 0 saturated carbocycles. The van der Waals surface area contributed by atoms with E-state index in [1.807, 2.05) is 6.92 Å². The molecule has 7 heteroatoms. The van der Waals surface area contributed by atoms with Crippen LogP contribution in [0.25, 0.3) is 5.57 Å². The van der Waals surface area contributed by atoms with Crippen LogP contribution in [0.1, 0.15) is 18.9 Å². The molecule has 0 aliphatic carbocycles. The minimum Gasteiger partial charge on any atom is -0.497 e. The molecule has 0 spiro atoms. The maximum Gasteiger partial charge on any atom is 0.277 e. The quantitative estimate of drug-likeness (QED) is 0.496. The Morgan fingerprint density at radius 2 is 1.85 bits per heavy atom. The zero-order valence-electron chi connectivity index (χ0n) is 15.5. The van der Waals surface area contributed by atoms with E-state index in [-0.39, 0.29) is 25.0 Å². The Bertz CT molecular complexity index is 669. The monoisotopic (exact) mass is 362 g/mol. The lowest BCUT2D eigenvalue weighted by molar-refractivity contribution is -0.137. The van der Waals surface area contributed by atoms with Crippen molar-refractivity contribution in [3.8, 4) is 5.75 Å². The standard InChI is InChI=1S/C19H26N2O5/c1-4-26-13-5-10-21-18(23)16(14-6-8-15(25-3)9-7-14)17(19(21)24)20(2)11-12-22/h6-9,22H,4-5,10-13H2,1-3H3. The van der Waals surface area contributed by atoms with Crippen LogP contribution in [-0.4, -0.2) is 73.8 Å². The normalized spacial score (nSPS) is 14.4. The molecule has 7 nitrogen and oxygen atoms in total. The fourth-order valence-corrected chi connectivity index (χ4v) is 2.87. The van der Waals surface area contributed by atoms with Crippen LogP contribution in [0.2, 0.25) is 0 Å². The highest BCUT2D eigenvalue weighted by Crippen LogP contribution is 2.31. The predicted octanol–water partition coefficient (Wildman–Crippen LogP) is 1.13. The van der Waals surface area contributed by atoms with Gasteiger partial charge in [-0.15, -0.1) is 0 Å². The Labute approximate surface area is 153 Å². The molecule has 1 heterocycles. The van der Waals surface area contributed by atoms with Crippen molar-refractivity contribution in [2.24, 2.45) is 0 Å². The number of imide groups is 1. The summed E-state index contributed by atoms with van der Waals surface area (Å²) in [4.78, 5) is 28.7. The lowest BCUT2D eigenvalue weighted by atomic mass is 10.0. The summed E-state index contributed by atoms with van der Waals surface area (Å²) in [5.41, 5.74) is 1.31. The first-order valence-electron chi connectivity index (χ1n) is 8.69. The second-order valence-corrected chi connectivity index (χ2v) is 5.91. The number of aliphatic hydroxyl groups is 1. The summed E-state index contributed by atoms with van der Waals surface area (Å²) in [7, 11) is 3.27. The Balaban J connectivity index is 2.33. The molecule has 2 rings (SSSR count). The number of rotatable bonds is 10. The summed E-state index contributed by atoms with van der Waals surface area (Å²) in [5, 5.41) is 9.23. The van der Waals surface area contributed by atoms with E-state index in [1.165, 1.54) is 4.90 Å². The highest BCUT2D eigenvalue weighted by Gasteiger charge is 2.40. The summed E-state index contributed by atoms with van der Waals surface area (Å²) in [6.07, 6.45) is 0.582. The molecule has 1 aliphatic rings. The first kappa shape index (κ1) is 19.9. The average Bonchev–Trinajstić information content (AvgIpc) is 2.89. The van der Waals surface area contributed by atoms with Crippen LogP contribution in [-0.2, 0) is 14.3 Å². The molecule has 1 aromatic rings. The van der Waals surface area contributed by atoms with E-state index in [4.69, 9.17) is 9.47 Å². The molecule has 1 aromatic carbocycles. The van der Waals surface area contributed by atoms with Gasteiger partial charge in [0, 0.05) is 33.4 Å². The van der Waals surface area contributed by atoms with Gasteiger partial charge in [-0.05, 0) is 31.0 Å². The minimum atomic E-state index is -0.340. The van der Waals surface area contributed by atoms with Crippen molar-refractivity contribution >= 4 is 17.4 Å². The second-order valence-electron chi connectivity index (χ2n) is 5.91. The lowest BCUT2D eigenvalue weighted by Crippen LogP contribution is -2.36. The molecule has 1 aliphatic heterocycles. The maximum atomic E-state index is 12.9. The van der Waals surface area contributed by atoms with E-state index in [2.05, 4.69) is 0 Å². The van der Waals surface area contributed by atoms with Gasteiger partial charge in [0.1, 0.15) is 11.4 Å². The van der Waals surface area contributed by atoms with Gasteiger partial charge < -0.3 is 19.5 Å². The number of carbonyl (C=O) groups excluding carboxylic acids is 2. The zero-order chi connectivity index (χ0) is 19.1. The molecule has 0 bridgehead atoms. The summed E-state index contributed by atoms with van der Waals surface area (Å²) in [6, 6.07) is 7.02. The summed E-state index contributed by atoms with van der Waals surface area (Å²) >= 11 is 0. The van der Waals surface area contributed by atoms with E-state index in [1.54, 1.807) is 43.3 Å². The van der Waals surface area contributed by atoms with Gasteiger partial charge in [-0.3, -0.25) is 14.5 Å². The van der Waals surface area contributed by atoms with Crippen LogP contribution in [0.5, 0.6) is 5.75 Å². The summed E-state index contributed by atoms with van der Waals surface area (Å²) in [6.45, 7) is 3.45. The van der Waals surface area contributed by atoms with E-state index in [9.17, 15) is 14.7 Å². The first-order chi connectivity index (χ1) is 12.5. The molecule has 142 valence electrons. The number of amides is 2. The fraction of sp³-hybridized carbons (Fsp3) is 0.474. The lowest BCUT2D eigenvalue weighted by Gasteiger charge is -2.20. The minimum absolute atomic E-state index is 0.109. The number of benzene rings is 1. The van der Waals surface area contributed by atoms with Crippen molar-refractivity contribution in [3.63, 3.8) is 0 Å². The van der Waals surface area contributed by atoms with Crippen LogP contribution >= 0.6 is 0 Å². The molecule has 2 amide bonds. The van der Waals surface area contributed by atoms with Gasteiger partial charge in [0.15, 0.2) is 0 Å². The highest BCUT2D eigenvalue weighted by molar-refractivity contribution is 6.35. The first-order valence-corrected chi connectivity index (χ1v) is 8.69. The number of methoxy groups -OCH3 is 1. The third kappa shape index (κ3) is 4.23. The van der Waals surface area contributed by atoms with E-state index in [0.717, 1.165) is 0 Å². The van der Waals surface area contributed by atoms with Crippen molar-refractivity contribution in [1.82, 2.24) is 9.80 Å². The Morgan fingerprint density at radius 1 is 1.15 bits per heavy atom. The van der Waals surface area contributed by atoms with Gasteiger partial charge in [0.2, 0.25) is 0 Å². The van der Waals surface area contributed by atoms with Crippen molar-refractivity contribution in [2.45, 2.75) is 13.3 Å². The number of aliphatic hydroxyl groups excluding tert-OH is 1. The van der Waals surface area contributed by atoms with Crippen molar-refractivity contribution in [2.75, 3.05) is 47.1 Å². The van der Waals surface area contributed by atoms with E-state index < -0.39 is 0 Å². The smallest absolute Gasteiger partial charge is 0.277 e. The van der Waals surface area contributed by atoms with Crippen LogP contribution in [0, 0.1) is 0 Å². The molecular formula is C19H26N2O5. The topological polar surface area (TPSA) is 79.3 Å². The molecule has 26 heavy (non-hydrogen) atoms. The average molecular weight is 362 g/mol. The highest BCUT2D eigenvalue weighted by atomic mass is 16.5. The van der Waals surface area contributed by atoms with Gasteiger partial charge in [0.25, 0.3) is 11.8 Å². The molecule has 0 unspecified atom stereocenters. The Kier molecular flexibility index (Phi) is 7.17. The molecule has 0 atom stereocenters. The van der Waals surface area contributed by atoms with Crippen molar-refractivity contribution in [3.05, 3.63) is 35.5 Å². The molecule has 1 N–H and O–H groups in total. The number of likely N-dealkylation sites (N-methyl/N-ethyl adjacent to an activating group) is 1. The third-order valence-electron chi connectivity index (χ3n) is 4.21. The molecule has 0 fully saturated rings. The van der Waals surface area contributed by atoms with Crippen molar-refractivity contribution in [1.29, 1.82) is 0 Å². The van der Waals surface area contributed by atoms with Crippen LogP contribution in [0.4, 0.5) is 0 Å².